The monoisotopic (exact) mass is 126 g/mol. The molecule has 0 radical (unpaired) electrons. The van der Waals surface area contributed by atoms with Crippen molar-refractivity contribution >= 4 is 23.1 Å². The average molecular weight is 126 g/mol. The van der Waals surface area contributed by atoms with Crippen LogP contribution in [0, 0.1) is 6.92 Å². The second-order valence-electron chi connectivity index (χ2n) is 1.20. The summed E-state index contributed by atoms with van der Waals surface area (Å²) in [5, 5.41) is 9.30. The molecule has 0 aromatic carbocycles. The Bertz CT molecular complexity index is 16.0. The van der Waals surface area contributed by atoms with Crippen molar-refractivity contribution in [2.45, 2.75) is 26.7 Å². The first-order valence-corrected chi connectivity index (χ1v) is 2.70. The van der Waals surface area contributed by atoms with Gasteiger partial charge < -0.3 is 12.0 Å². The van der Waals surface area contributed by atoms with Crippen molar-refractivity contribution < 1.29 is 5.11 Å². The van der Waals surface area contributed by atoms with Crippen LogP contribution in [-0.2, 0) is 0 Å². The van der Waals surface area contributed by atoms with Gasteiger partial charge in [-0.05, 0) is 0 Å². The van der Waals surface area contributed by atoms with E-state index in [9.17, 15) is 5.11 Å². The van der Waals surface area contributed by atoms with Crippen LogP contribution in [-0.4, -0.2) is 29.7 Å². The van der Waals surface area contributed by atoms with E-state index in [0.29, 0.717) is 0 Å². The maximum Gasteiger partial charge on any atom is 2.00 e. The second kappa shape index (κ2) is 25.2. The standard InChI is InChI=1S/C3H7O.C3H7.Mg/c1-2-3-4;1-3-2;/h2-3H2,1H3;1,3H2,2H3;/q2*-1;+2. The molecule has 0 saturated heterocycles. The van der Waals surface area contributed by atoms with Crippen LogP contribution in [0.2, 0.25) is 0 Å². The number of rotatable bonds is 1. The molecule has 0 amide bonds. The van der Waals surface area contributed by atoms with Crippen molar-refractivity contribution in [1.29, 1.82) is 0 Å². The number of hydrogen-bond donors (Lipinski definition) is 0. The Morgan fingerprint density at radius 1 is 1.38 bits per heavy atom. The third kappa shape index (κ3) is 74.0. The summed E-state index contributed by atoms with van der Waals surface area (Å²) >= 11 is 0. The van der Waals surface area contributed by atoms with Crippen LogP contribution < -0.4 is 5.11 Å². The van der Waals surface area contributed by atoms with Crippen LogP contribution in [0.1, 0.15) is 26.7 Å². The normalized spacial score (nSPS) is 6.00. The van der Waals surface area contributed by atoms with E-state index in [0.717, 1.165) is 12.8 Å². The molecule has 0 aliphatic rings. The molecule has 0 rings (SSSR count). The molecule has 0 bridgehead atoms. The Hall–Kier alpha value is 0.726. The molecule has 0 saturated carbocycles. The summed E-state index contributed by atoms with van der Waals surface area (Å²) in [7, 11) is 0. The van der Waals surface area contributed by atoms with Gasteiger partial charge in [0.05, 0.1) is 0 Å². The van der Waals surface area contributed by atoms with E-state index in [1.165, 1.54) is 0 Å². The van der Waals surface area contributed by atoms with Crippen LogP contribution >= 0.6 is 0 Å². The van der Waals surface area contributed by atoms with Gasteiger partial charge in [-0.15, -0.1) is 6.61 Å². The molecular formula is C6H14MgO. The quantitative estimate of drug-likeness (QED) is 0.373. The molecule has 0 fully saturated rings. The predicted octanol–water partition coefficient (Wildman–Crippen LogP) is 0.606. The Labute approximate surface area is 68.6 Å². The van der Waals surface area contributed by atoms with Gasteiger partial charge in [-0.2, -0.15) is 6.42 Å². The SMILES string of the molecule is CCC[O-].[CH2-]CC.[Mg+2]. The molecule has 8 heavy (non-hydrogen) atoms. The fourth-order valence-electron chi connectivity index (χ4n) is 0. The van der Waals surface area contributed by atoms with Gasteiger partial charge in [0.1, 0.15) is 0 Å². The molecular weight excluding hydrogens is 112 g/mol. The van der Waals surface area contributed by atoms with E-state index in [1.54, 1.807) is 0 Å². The summed E-state index contributed by atoms with van der Waals surface area (Å²) < 4.78 is 0. The number of hydrogen-bond acceptors (Lipinski definition) is 1. The minimum Gasteiger partial charge on any atom is -0.854 e. The molecule has 0 heterocycles. The molecule has 0 aromatic rings. The first kappa shape index (κ1) is 15.9. The molecule has 0 aromatic heterocycles. The summed E-state index contributed by atoms with van der Waals surface area (Å²) in [6, 6.07) is 0. The minimum atomic E-state index is 0. The molecule has 2 heteroatoms. The zero-order valence-electron chi connectivity index (χ0n) is 5.94. The minimum absolute atomic E-state index is 0. The van der Waals surface area contributed by atoms with Crippen molar-refractivity contribution in [2.24, 2.45) is 0 Å². The molecule has 46 valence electrons. The zero-order chi connectivity index (χ0) is 6.12. The summed E-state index contributed by atoms with van der Waals surface area (Å²) in [6.45, 7) is 7.44. The Kier molecular flexibility index (Phi) is 50.0. The second-order valence-corrected chi connectivity index (χ2v) is 1.20. The fourth-order valence-corrected chi connectivity index (χ4v) is 0. The summed E-state index contributed by atoms with van der Waals surface area (Å²) in [4.78, 5) is 0. The molecule has 0 N–H and O–H groups in total. The summed E-state index contributed by atoms with van der Waals surface area (Å²) in [5.41, 5.74) is 0. The van der Waals surface area contributed by atoms with E-state index in [-0.39, 0.29) is 29.7 Å². The zero-order valence-corrected chi connectivity index (χ0v) is 7.36. The van der Waals surface area contributed by atoms with Crippen molar-refractivity contribution in [2.75, 3.05) is 6.61 Å². The van der Waals surface area contributed by atoms with E-state index >= 15 is 0 Å². The largest absolute Gasteiger partial charge is 2.00 e. The van der Waals surface area contributed by atoms with Crippen molar-refractivity contribution in [3.8, 4) is 0 Å². The van der Waals surface area contributed by atoms with Crippen LogP contribution in [0.4, 0.5) is 0 Å². The van der Waals surface area contributed by atoms with Crippen LogP contribution in [0.3, 0.4) is 0 Å². The van der Waals surface area contributed by atoms with E-state index in [2.05, 4.69) is 6.92 Å². The molecule has 1 nitrogen and oxygen atoms in total. The van der Waals surface area contributed by atoms with Gasteiger partial charge in [0.15, 0.2) is 0 Å². The van der Waals surface area contributed by atoms with E-state index < -0.39 is 0 Å². The predicted molar refractivity (Wildman–Crippen MR) is 36.6 cm³/mol. The summed E-state index contributed by atoms with van der Waals surface area (Å²) in [5.74, 6) is 0. The van der Waals surface area contributed by atoms with Crippen LogP contribution in [0.5, 0.6) is 0 Å². The maximum atomic E-state index is 9.30. The van der Waals surface area contributed by atoms with Crippen molar-refractivity contribution in [3.05, 3.63) is 6.92 Å². The van der Waals surface area contributed by atoms with Gasteiger partial charge in [0, 0.05) is 0 Å². The topological polar surface area (TPSA) is 23.1 Å². The van der Waals surface area contributed by atoms with Gasteiger partial charge in [-0.25, -0.2) is 0 Å². The molecule has 0 spiro atoms. The van der Waals surface area contributed by atoms with Crippen molar-refractivity contribution in [3.63, 3.8) is 0 Å². The first-order chi connectivity index (χ1) is 3.33. The van der Waals surface area contributed by atoms with Gasteiger partial charge in [-0.3, -0.25) is 0 Å². The fraction of sp³-hybridized carbons (Fsp3) is 0.833. The maximum absolute atomic E-state index is 9.30. The van der Waals surface area contributed by atoms with Gasteiger partial charge in [0.2, 0.25) is 0 Å². The molecule has 0 aliphatic heterocycles. The Morgan fingerprint density at radius 3 is 1.50 bits per heavy atom. The van der Waals surface area contributed by atoms with Crippen LogP contribution in [0.25, 0.3) is 0 Å². The van der Waals surface area contributed by atoms with Gasteiger partial charge >= 0.3 is 23.1 Å². The van der Waals surface area contributed by atoms with Gasteiger partial charge in [-0.1, -0.05) is 20.3 Å². The van der Waals surface area contributed by atoms with E-state index in [4.69, 9.17) is 0 Å². The third-order valence-corrected chi connectivity index (χ3v) is 0.204. The summed E-state index contributed by atoms with van der Waals surface area (Å²) in [6.07, 6.45) is 1.76. The Morgan fingerprint density at radius 2 is 1.50 bits per heavy atom. The smallest absolute Gasteiger partial charge is 0.854 e. The van der Waals surface area contributed by atoms with E-state index in [1.807, 2.05) is 13.8 Å². The van der Waals surface area contributed by atoms with Crippen molar-refractivity contribution in [1.82, 2.24) is 0 Å². The first-order valence-electron chi connectivity index (χ1n) is 2.70. The third-order valence-electron chi connectivity index (χ3n) is 0.204. The average Bonchev–Trinajstić information content (AvgIpc) is 1.69. The molecule has 0 aliphatic carbocycles. The Balaban J connectivity index is -0.0000000575. The molecule has 0 atom stereocenters. The van der Waals surface area contributed by atoms with Gasteiger partial charge in [0.25, 0.3) is 0 Å². The van der Waals surface area contributed by atoms with Crippen LogP contribution in [0.15, 0.2) is 0 Å². The molecule has 0 unspecified atom stereocenters.